The zero-order valence-electron chi connectivity index (χ0n) is 18.7. The number of hydrogen-bond acceptors (Lipinski definition) is 10. The SMILES string of the molecule is CC(=O)Oc1cc2c(c(OC(C)=O)c1Cl)C(=O)c1c(cc(OC(C)=O)c3c(=O)cc(C)oc13)C2=O. The average molecular weight is 499 g/mol. The summed E-state index contributed by atoms with van der Waals surface area (Å²) in [6, 6.07) is 3.29. The molecule has 0 radical (unpaired) electrons. The Kier molecular flexibility index (Phi) is 5.77. The number of carbonyl (C=O) groups is 5. The van der Waals surface area contributed by atoms with Crippen LogP contribution in [0.4, 0.5) is 0 Å². The summed E-state index contributed by atoms with van der Waals surface area (Å²) in [6.07, 6.45) is 0. The summed E-state index contributed by atoms with van der Waals surface area (Å²) in [6.45, 7) is 4.70. The summed E-state index contributed by atoms with van der Waals surface area (Å²) < 4.78 is 21.0. The zero-order chi connectivity index (χ0) is 25.8. The highest BCUT2D eigenvalue weighted by Gasteiger charge is 2.39. The lowest BCUT2D eigenvalue weighted by Gasteiger charge is -2.23. The van der Waals surface area contributed by atoms with Crippen molar-refractivity contribution < 1.29 is 42.6 Å². The first kappa shape index (κ1) is 23.8. The van der Waals surface area contributed by atoms with Crippen molar-refractivity contribution in [1.82, 2.24) is 0 Å². The molecule has 35 heavy (non-hydrogen) atoms. The summed E-state index contributed by atoms with van der Waals surface area (Å²) in [5.74, 6) is -5.02. The van der Waals surface area contributed by atoms with Crippen molar-refractivity contribution in [3.05, 3.63) is 61.5 Å². The summed E-state index contributed by atoms with van der Waals surface area (Å²) in [5, 5.41) is -0.622. The second-order valence-corrected chi connectivity index (χ2v) is 7.98. The van der Waals surface area contributed by atoms with Crippen LogP contribution in [0, 0.1) is 6.92 Å². The molecule has 11 heteroatoms. The van der Waals surface area contributed by atoms with Crippen LogP contribution >= 0.6 is 11.6 Å². The van der Waals surface area contributed by atoms with Crippen LogP contribution in [0.1, 0.15) is 58.4 Å². The first-order valence-corrected chi connectivity index (χ1v) is 10.4. The van der Waals surface area contributed by atoms with Crippen molar-refractivity contribution in [2.45, 2.75) is 27.7 Å². The van der Waals surface area contributed by atoms with Crippen molar-refractivity contribution >= 4 is 52.0 Å². The van der Waals surface area contributed by atoms with Gasteiger partial charge in [-0.15, -0.1) is 0 Å². The van der Waals surface area contributed by atoms with Crippen LogP contribution in [-0.2, 0) is 14.4 Å². The highest BCUT2D eigenvalue weighted by Crippen LogP contribution is 2.45. The van der Waals surface area contributed by atoms with Gasteiger partial charge in [-0.25, -0.2) is 0 Å². The van der Waals surface area contributed by atoms with Gasteiger partial charge in [0, 0.05) is 38.0 Å². The van der Waals surface area contributed by atoms with Gasteiger partial charge in [0.15, 0.2) is 28.3 Å². The fourth-order valence-electron chi connectivity index (χ4n) is 3.81. The minimum Gasteiger partial charge on any atom is -0.460 e. The lowest BCUT2D eigenvalue weighted by Crippen LogP contribution is -2.25. The molecule has 0 amide bonds. The standard InChI is InChI=1S/C24H15ClO10/c1-8-5-14(29)19-15(33-9(2)26)6-12-17(23(19)32-8)22(31)18-13(21(12)30)7-16(34-10(3)27)20(25)24(18)35-11(4)28/h5-7H,1-4H3. The van der Waals surface area contributed by atoms with Crippen molar-refractivity contribution in [3.8, 4) is 17.2 Å². The molecule has 0 bridgehead atoms. The van der Waals surface area contributed by atoms with Crippen LogP contribution < -0.4 is 19.6 Å². The van der Waals surface area contributed by atoms with Crippen molar-refractivity contribution in [3.63, 3.8) is 0 Å². The maximum Gasteiger partial charge on any atom is 0.308 e. The Bertz CT molecular complexity index is 1580. The number of aryl methyl sites for hydroxylation is 1. The molecular weight excluding hydrogens is 484 g/mol. The van der Waals surface area contributed by atoms with Gasteiger partial charge in [0.1, 0.15) is 21.9 Å². The average Bonchev–Trinajstić information content (AvgIpc) is 2.72. The predicted molar refractivity (Wildman–Crippen MR) is 119 cm³/mol. The van der Waals surface area contributed by atoms with Crippen molar-refractivity contribution in [2.24, 2.45) is 0 Å². The van der Waals surface area contributed by atoms with E-state index in [4.69, 9.17) is 30.2 Å². The Labute approximate surface area is 201 Å². The third-order valence-corrected chi connectivity index (χ3v) is 5.33. The maximum atomic E-state index is 13.7. The number of rotatable bonds is 3. The van der Waals surface area contributed by atoms with E-state index in [1.165, 1.54) is 6.92 Å². The van der Waals surface area contributed by atoms with Gasteiger partial charge in [-0.2, -0.15) is 0 Å². The summed E-state index contributed by atoms with van der Waals surface area (Å²) in [7, 11) is 0. The first-order valence-electron chi connectivity index (χ1n) is 10.0. The molecule has 0 saturated carbocycles. The van der Waals surface area contributed by atoms with E-state index in [0.29, 0.717) is 0 Å². The van der Waals surface area contributed by atoms with E-state index in [-0.39, 0.29) is 50.5 Å². The van der Waals surface area contributed by atoms with Gasteiger partial charge in [0.2, 0.25) is 5.78 Å². The number of esters is 3. The minimum absolute atomic E-state index is 0.124. The molecule has 4 rings (SSSR count). The van der Waals surface area contributed by atoms with Crippen molar-refractivity contribution in [2.75, 3.05) is 0 Å². The molecule has 2 aromatic carbocycles. The third-order valence-electron chi connectivity index (χ3n) is 4.97. The van der Waals surface area contributed by atoms with Crippen LogP contribution in [0.2, 0.25) is 5.02 Å². The quantitative estimate of drug-likeness (QED) is 0.305. The van der Waals surface area contributed by atoms with Crippen LogP contribution in [-0.4, -0.2) is 29.5 Å². The summed E-state index contributed by atoms with van der Waals surface area (Å²) in [4.78, 5) is 75.0. The lowest BCUT2D eigenvalue weighted by molar-refractivity contribution is -0.133. The molecule has 0 aliphatic heterocycles. The molecule has 0 saturated heterocycles. The normalized spacial score (nSPS) is 12.1. The Hall–Kier alpha value is -4.31. The summed E-state index contributed by atoms with van der Waals surface area (Å²) in [5.41, 5.74) is -2.13. The first-order chi connectivity index (χ1) is 16.4. The van der Waals surface area contributed by atoms with Crippen LogP contribution in [0.15, 0.2) is 27.4 Å². The molecule has 0 N–H and O–H groups in total. The molecule has 1 heterocycles. The van der Waals surface area contributed by atoms with E-state index in [2.05, 4.69) is 0 Å². The second-order valence-electron chi connectivity index (χ2n) is 7.60. The zero-order valence-corrected chi connectivity index (χ0v) is 19.4. The van der Waals surface area contributed by atoms with Crippen LogP contribution in [0.25, 0.3) is 11.0 Å². The number of hydrogen-bond donors (Lipinski definition) is 0. The van der Waals surface area contributed by atoms with Gasteiger partial charge < -0.3 is 18.6 Å². The van der Waals surface area contributed by atoms with Crippen LogP contribution in [0.3, 0.4) is 0 Å². The monoisotopic (exact) mass is 498 g/mol. The van der Waals surface area contributed by atoms with E-state index >= 15 is 0 Å². The Morgan fingerprint density at radius 3 is 1.91 bits per heavy atom. The number of halogens is 1. The lowest BCUT2D eigenvalue weighted by atomic mass is 9.82. The van der Waals surface area contributed by atoms with E-state index in [1.807, 2.05) is 0 Å². The molecular formula is C24H15ClO10. The second kappa shape index (κ2) is 8.48. The van der Waals surface area contributed by atoms with Gasteiger partial charge in [0.25, 0.3) is 0 Å². The van der Waals surface area contributed by atoms with Gasteiger partial charge in [-0.05, 0) is 19.1 Å². The molecule has 178 valence electrons. The van der Waals surface area contributed by atoms with Crippen LogP contribution in [0.5, 0.6) is 17.2 Å². The highest BCUT2D eigenvalue weighted by atomic mass is 35.5. The fourth-order valence-corrected chi connectivity index (χ4v) is 4.04. The van der Waals surface area contributed by atoms with Gasteiger partial charge in [-0.1, -0.05) is 11.6 Å². The Morgan fingerprint density at radius 2 is 1.31 bits per heavy atom. The predicted octanol–water partition coefficient (Wildman–Crippen LogP) is 3.31. The fraction of sp³-hybridized carbons (Fsp3) is 0.167. The highest BCUT2D eigenvalue weighted by molar-refractivity contribution is 6.38. The number of ether oxygens (including phenoxy) is 3. The van der Waals surface area contributed by atoms with Crippen molar-refractivity contribution in [1.29, 1.82) is 0 Å². The largest absolute Gasteiger partial charge is 0.460 e. The van der Waals surface area contributed by atoms with E-state index in [0.717, 1.165) is 39.0 Å². The number of benzene rings is 2. The molecule has 0 unspecified atom stereocenters. The Morgan fingerprint density at radius 1 is 0.771 bits per heavy atom. The Balaban J connectivity index is 2.13. The smallest absolute Gasteiger partial charge is 0.308 e. The molecule has 0 spiro atoms. The van der Waals surface area contributed by atoms with E-state index in [9.17, 15) is 28.8 Å². The van der Waals surface area contributed by atoms with E-state index < -0.39 is 45.7 Å². The number of carbonyl (C=O) groups excluding carboxylic acids is 5. The number of ketones is 2. The molecule has 0 fully saturated rings. The summed E-state index contributed by atoms with van der Waals surface area (Å²) >= 11 is 6.28. The molecule has 1 aliphatic carbocycles. The van der Waals surface area contributed by atoms with Gasteiger partial charge in [0.05, 0.1) is 11.1 Å². The molecule has 1 aliphatic rings. The molecule has 10 nitrogen and oxygen atoms in total. The topological polar surface area (TPSA) is 143 Å². The minimum atomic E-state index is -0.863. The van der Waals surface area contributed by atoms with E-state index in [1.54, 1.807) is 0 Å². The van der Waals surface area contributed by atoms with Gasteiger partial charge >= 0.3 is 17.9 Å². The molecule has 3 aromatic rings. The third kappa shape index (κ3) is 3.97. The van der Waals surface area contributed by atoms with Gasteiger partial charge in [-0.3, -0.25) is 28.8 Å². The molecule has 0 atom stereocenters. The number of fused-ring (bicyclic) bond motifs is 4. The molecule has 1 aromatic heterocycles. The maximum absolute atomic E-state index is 13.7.